The Balaban J connectivity index is 2.06. The number of carbonyl (C=O) groups is 2. The van der Waals surface area contributed by atoms with E-state index in [2.05, 4.69) is 5.32 Å². The van der Waals surface area contributed by atoms with Gasteiger partial charge in [0.15, 0.2) is 0 Å². The number of carbonyl (C=O) groups excluding carboxylic acids is 2. The van der Waals surface area contributed by atoms with Crippen molar-refractivity contribution in [3.05, 3.63) is 101 Å². The number of benzene rings is 3. The molecule has 0 saturated carbocycles. The van der Waals surface area contributed by atoms with Crippen LogP contribution in [0.1, 0.15) is 37.5 Å². The number of nitrogens with zero attached hydrogens (tertiary/aromatic N) is 2. The van der Waals surface area contributed by atoms with Crippen molar-refractivity contribution < 1.29 is 18.0 Å². The molecule has 0 radical (unpaired) electrons. The Hall–Kier alpha value is -3.36. The van der Waals surface area contributed by atoms with Crippen molar-refractivity contribution in [3.63, 3.8) is 0 Å². The van der Waals surface area contributed by atoms with Crippen LogP contribution >= 0.6 is 11.6 Å². The number of anilines is 1. The van der Waals surface area contributed by atoms with E-state index < -0.39 is 34.1 Å². The summed E-state index contributed by atoms with van der Waals surface area (Å²) < 4.78 is 26.6. The summed E-state index contributed by atoms with van der Waals surface area (Å²) in [6.45, 7) is 7.26. The Kier molecular flexibility index (Phi) is 9.80. The maximum Gasteiger partial charge on any atom is 0.244 e. The molecule has 3 aromatic carbocycles. The van der Waals surface area contributed by atoms with Gasteiger partial charge in [0, 0.05) is 23.5 Å². The molecule has 1 atom stereocenters. The van der Waals surface area contributed by atoms with Crippen LogP contribution in [0, 0.1) is 6.92 Å². The lowest BCUT2D eigenvalue weighted by Crippen LogP contribution is -2.56. The van der Waals surface area contributed by atoms with Crippen molar-refractivity contribution in [1.29, 1.82) is 0 Å². The van der Waals surface area contributed by atoms with E-state index in [1.807, 2.05) is 82.3 Å². The zero-order valence-corrected chi connectivity index (χ0v) is 24.6. The fourth-order valence-corrected chi connectivity index (χ4v) is 5.09. The zero-order chi connectivity index (χ0) is 28.8. The number of aryl methyl sites for hydroxylation is 1. The monoisotopic (exact) mass is 569 g/mol. The summed E-state index contributed by atoms with van der Waals surface area (Å²) in [4.78, 5) is 29.2. The van der Waals surface area contributed by atoms with Gasteiger partial charge in [-0.05, 0) is 63.1 Å². The Morgan fingerprint density at radius 2 is 1.49 bits per heavy atom. The van der Waals surface area contributed by atoms with E-state index in [9.17, 15) is 18.0 Å². The molecule has 9 heteroatoms. The van der Waals surface area contributed by atoms with Gasteiger partial charge in [-0.1, -0.05) is 71.8 Å². The summed E-state index contributed by atoms with van der Waals surface area (Å²) in [5, 5.41) is 3.46. The Morgan fingerprint density at radius 1 is 0.897 bits per heavy atom. The van der Waals surface area contributed by atoms with Crippen molar-refractivity contribution >= 4 is 39.1 Å². The van der Waals surface area contributed by atoms with Gasteiger partial charge >= 0.3 is 0 Å². The van der Waals surface area contributed by atoms with Crippen LogP contribution in [0.4, 0.5) is 5.69 Å². The van der Waals surface area contributed by atoms with Gasteiger partial charge in [0.25, 0.3) is 0 Å². The minimum Gasteiger partial charge on any atom is -0.350 e. The fraction of sp³-hybridized carbons (Fsp3) is 0.333. The van der Waals surface area contributed by atoms with Crippen molar-refractivity contribution in [1.82, 2.24) is 10.2 Å². The van der Waals surface area contributed by atoms with Gasteiger partial charge in [-0.2, -0.15) is 0 Å². The van der Waals surface area contributed by atoms with Gasteiger partial charge in [0.05, 0.1) is 11.9 Å². The van der Waals surface area contributed by atoms with Gasteiger partial charge < -0.3 is 10.2 Å². The molecule has 0 bridgehead atoms. The summed E-state index contributed by atoms with van der Waals surface area (Å²) in [5.41, 5.74) is 2.55. The fourth-order valence-electron chi connectivity index (χ4n) is 4.12. The number of hydrogen-bond acceptors (Lipinski definition) is 4. The second-order valence-electron chi connectivity index (χ2n) is 10.7. The molecule has 1 N–H and O–H groups in total. The second-order valence-corrected chi connectivity index (χ2v) is 13.0. The highest BCUT2D eigenvalue weighted by Gasteiger charge is 2.34. The first kappa shape index (κ1) is 30.2. The maximum absolute atomic E-state index is 14.0. The van der Waals surface area contributed by atoms with E-state index in [1.54, 1.807) is 24.3 Å². The topological polar surface area (TPSA) is 86.8 Å². The number of hydrogen-bond donors (Lipinski definition) is 1. The highest BCUT2D eigenvalue weighted by atomic mass is 35.5. The predicted octanol–water partition coefficient (Wildman–Crippen LogP) is 4.97. The van der Waals surface area contributed by atoms with Crippen LogP contribution in [0.15, 0.2) is 78.9 Å². The van der Waals surface area contributed by atoms with Crippen LogP contribution in [0.2, 0.25) is 5.02 Å². The molecule has 0 unspecified atom stereocenters. The van der Waals surface area contributed by atoms with E-state index >= 15 is 0 Å². The highest BCUT2D eigenvalue weighted by molar-refractivity contribution is 7.92. The smallest absolute Gasteiger partial charge is 0.244 e. The molecule has 0 spiro atoms. The molecular weight excluding hydrogens is 534 g/mol. The number of rotatable bonds is 10. The molecule has 0 saturated heterocycles. The van der Waals surface area contributed by atoms with Crippen LogP contribution in [0.3, 0.4) is 0 Å². The van der Waals surface area contributed by atoms with Crippen molar-refractivity contribution in [2.45, 2.75) is 52.2 Å². The Bertz CT molecular complexity index is 1370. The molecule has 39 heavy (non-hydrogen) atoms. The third kappa shape index (κ3) is 9.11. The lowest BCUT2D eigenvalue weighted by atomic mass is 10.0. The first-order valence-electron chi connectivity index (χ1n) is 12.7. The van der Waals surface area contributed by atoms with Gasteiger partial charge in [0.2, 0.25) is 21.8 Å². The zero-order valence-electron chi connectivity index (χ0n) is 23.0. The quantitative estimate of drug-likeness (QED) is 0.373. The molecular formula is C30H36ClN3O4S. The third-order valence-electron chi connectivity index (χ3n) is 6.04. The lowest BCUT2D eigenvalue weighted by molar-refractivity contribution is -0.140. The third-order valence-corrected chi connectivity index (χ3v) is 7.43. The van der Waals surface area contributed by atoms with Crippen LogP contribution in [0.5, 0.6) is 0 Å². The van der Waals surface area contributed by atoms with Crippen molar-refractivity contribution in [2.75, 3.05) is 17.1 Å². The number of sulfonamides is 1. The van der Waals surface area contributed by atoms with E-state index in [4.69, 9.17) is 11.6 Å². The van der Waals surface area contributed by atoms with Crippen molar-refractivity contribution in [2.24, 2.45) is 0 Å². The lowest BCUT2D eigenvalue weighted by Gasteiger charge is -2.35. The summed E-state index contributed by atoms with van der Waals surface area (Å²) in [6, 6.07) is 22.5. The summed E-state index contributed by atoms with van der Waals surface area (Å²) in [7, 11) is -3.83. The molecule has 0 aliphatic rings. The first-order valence-corrected chi connectivity index (χ1v) is 14.9. The molecule has 0 aliphatic carbocycles. The van der Waals surface area contributed by atoms with Crippen LogP contribution in [-0.4, -0.2) is 49.5 Å². The van der Waals surface area contributed by atoms with Gasteiger partial charge in [0.1, 0.15) is 12.6 Å². The predicted molar refractivity (Wildman–Crippen MR) is 157 cm³/mol. The minimum absolute atomic E-state index is 0.131. The van der Waals surface area contributed by atoms with Crippen LogP contribution in [-0.2, 0) is 32.6 Å². The van der Waals surface area contributed by atoms with E-state index in [-0.39, 0.29) is 18.9 Å². The average Bonchev–Trinajstić information content (AvgIpc) is 2.85. The number of halogens is 1. The molecule has 3 aromatic rings. The molecule has 2 amide bonds. The summed E-state index contributed by atoms with van der Waals surface area (Å²) >= 11 is 6.01. The van der Waals surface area contributed by atoms with Gasteiger partial charge in [-0.25, -0.2) is 8.42 Å². The van der Waals surface area contributed by atoms with Crippen molar-refractivity contribution in [3.8, 4) is 0 Å². The average molecular weight is 570 g/mol. The van der Waals surface area contributed by atoms with E-state index in [0.717, 1.165) is 27.3 Å². The summed E-state index contributed by atoms with van der Waals surface area (Å²) in [5.74, 6) is -0.815. The first-order chi connectivity index (χ1) is 18.2. The van der Waals surface area contributed by atoms with E-state index in [1.165, 1.54) is 4.90 Å². The van der Waals surface area contributed by atoms with Crippen LogP contribution < -0.4 is 9.62 Å². The molecule has 0 fully saturated rings. The number of amides is 2. The Labute approximate surface area is 236 Å². The molecule has 0 aliphatic heterocycles. The number of nitrogens with one attached hydrogen (secondary N) is 1. The summed E-state index contributed by atoms with van der Waals surface area (Å²) in [6.07, 6.45) is 1.31. The largest absolute Gasteiger partial charge is 0.350 e. The highest BCUT2D eigenvalue weighted by Crippen LogP contribution is 2.22. The standard InChI is InChI=1S/C30H36ClN3O4S/c1-22-11-13-24(14-12-22)20-33(27(29(36)32-30(2,3)4)19-23-9-7-6-8-10-23)28(35)21-34(39(5,37)38)26-17-15-25(31)16-18-26/h6-18,27H,19-21H2,1-5H3,(H,32,36)/t27-/m0/s1. The van der Waals surface area contributed by atoms with Gasteiger partial charge in [-0.15, -0.1) is 0 Å². The molecule has 208 valence electrons. The molecule has 7 nitrogen and oxygen atoms in total. The molecule has 0 aromatic heterocycles. The minimum atomic E-state index is -3.83. The Morgan fingerprint density at radius 3 is 2.03 bits per heavy atom. The molecule has 0 heterocycles. The molecule has 3 rings (SSSR count). The maximum atomic E-state index is 14.0. The van der Waals surface area contributed by atoms with E-state index in [0.29, 0.717) is 10.7 Å². The van der Waals surface area contributed by atoms with Gasteiger partial charge in [-0.3, -0.25) is 13.9 Å². The normalized spacial score (nSPS) is 12.5. The van der Waals surface area contributed by atoms with Crippen LogP contribution in [0.25, 0.3) is 0 Å². The second kappa shape index (κ2) is 12.7. The SMILES string of the molecule is Cc1ccc(CN(C(=O)CN(c2ccc(Cl)cc2)S(C)(=O)=O)[C@@H](Cc2ccccc2)C(=O)NC(C)(C)C)cc1.